The van der Waals surface area contributed by atoms with Gasteiger partial charge in [-0.15, -0.1) is 0 Å². The predicted molar refractivity (Wildman–Crippen MR) is 104 cm³/mol. The second-order valence-corrected chi connectivity index (χ2v) is 6.55. The molecular formula is C18H23BrN6. The van der Waals surface area contributed by atoms with Crippen molar-refractivity contribution in [2.45, 2.75) is 32.6 Å². The molecule has 0 aromatic carbocycles. The molecule has 1 saturated heterocycles. The van der Waals surface area contributed by atoms with E-state index in [-0.39, 0.29) is 0 Å². The average molecular weight is 403 g/mol. The molecule has 2 N–H and O–H groups in total. The number of halogens is 1. The molecule has 1 atom stereocenters. The van der Waals surface area contributed by atoms with Crippen LogP contribution in [-0.2, 0) is 0 Å². The summed E-state index contributed by atoms with van der Waals surface area (Å²) in [6, 6.07) is 5.98. The molecule has 0 spiro atoms. The van der Waals surface area contributed by atoms with Crippen molar-refractivity contribution in [3.8, 4) is 0 Å². The van der Waals surface area contributed by atoms with E-state index in [1.807, 2.05) is 30.5 Å². The number of piperidine rings is 1. The summed E-state index contributed by atoms with van der Waals surface area (Å²) in [5.41, 5.74) is 2.92. The molecule has 132 valence electrons. The van der Waals surface area contributed by atoms with Gasteiger partial charge in [-0.25, -0.2) is 4.98 Å². The molecule has 3 aromatic rings. The Bertz CT molecular complexity index is 811. The molecule has 4 heterocycles. The molecule has 4 rings (SSSR count). The van der Waals surface area contributed by atoms with Crippen molar-refractivity contribution >= 4 is 33.1 Å². The summed E-state index contributed by atoms with van der Waals surface area (Å²) in [4.78, 5) is 8.88. The largest absolute Gasteiger partial charge is 0.340 e. The second kappa shape index (κ2) is 8.40. The summed E-state index contributed by atoms with van der Waals surface area (Å²) >= 11 is 3.55. The Balaban J connectivity index is 0.000000880. The Kier molecular flexibility index (Phi) is 5.99. The number of hydrogen-bond donors (Lipinski definition) is 2. The summed E-state index contributed by atoms with van der Waals surface area (Å²) in [5, 5.41) is 11.3. The van der Waals surface area contributed by atoms with Crippen LogP contribution in [0.15, 0.2) is 41.3 Å². The highest BCUT2D eigenvalue weighted by atomic mass is 79.9. The van der Waals surface area contributed by atoms with Crippen LogP contribution in [0.1, 0.15) is 38.3 Å². The predicted octanol–water partition coefficient (Wildman–Crippen LogP) is 4.12. The first-order valence-corrected chi connectivity index (χ1v) is 9.52. The van der Waals surface area contributed by atoms with Gasteiger partial charge in [0, 0.05) is 36.6 Å². The second-order valence-electron chi connectivity index (χ2n) is 5.70. The molecule has 1 unspecified atom stereocenters. The van der Waals surface area contributed by atoms with Gasteiger partial charge in [0.1, 0.15) is 5.82 Å². The van der Waals surface area contributed by atoms with Crippen molar-refractivity contribution in [1.29, 1.82) is 0 Å². The average Bonchev–Trinajstić information content (AvgIpc) is 3.06. The van der Waals surface area contributed by atoms with Crippen LogP contribution < -0.4 is 10.6 Å². The molecule has 6 nitrogen and oxygen atoms in total. The Morgan fingerprint density at radius 3 is 2.80 bits per heavy atom. The van der Waals surface area contributed by atoms with Gasteiger partial charge in [-0.05, 0) is 47.4 Å². The molecule has 1 aliphatic heterocycles. The monoisotopic (exact) mass is 402 g/mol. The molecule has 0 radical (unpaired) electrons. The molecule has 25 heavy (non-hydrogen) atoms. The zero-order valence-electron chi connectivity index (χ0n) is 14.5. The van der Waals surface area contributed by atoms with Crippen LogP contribution in [-0.4, -0.2) is 32.7 Å². The number of pyridine rings is 1. The fourth-order valence-corrected chi connectivity index (χ4v) is 3.29. The van der Waals surface area contributed by atoms with E-state index in [1.54, 1.807) is 18.6 Å². The Morgan fingerprint density at radius 2 is 2.08 bits per heavy atom. The maximum atomic E-state index is 4.82. The van der Waals surface area contributed by atoms with Gasteiger partial charge in [0.05, 0.1) is 16.4 Å². The summed E-state index contributed by atoms with van der Waals surface area (Å²) in [6.07, 6.45) is 7.67. The lowest BCUT2D eigenvalue weighted by atomic mass is 9.96. The van der Waals surface area contributed by atoms with Gasteiger partial charge in [-0.1, -0.05) is 13.8 Å². The van der Waals surface area contributed by atoms with Gasteiger partial charge in [-0.3, -0.25) is 4.98 Å². The van der Waals surface area contributed by atoms with E-state index >= 15 is 0 Å². The highest BCUT2D eigenvalue weighted by Gasteiger charge is 2.19. The third kappa shape index (κ3) is 3.99. The van der Waals surface area contributed by atoms with Crippen LogP contribution in [0.2, 0.25) is 0 Å². The summed E-state index contributed by atoms with van der Waals surface area (Å²) in [5.74, 6) is 1.35. The van der Waals surface area contributed by atoms with E-state index in [4.69, 9.17) is 4.98 Å². The number of fused-ring (bicyclic) bond motifs is 1. The lowest BCUT2D eigenvalue weighted by Crippen LogP contribution is -2.29. The minimum atomic E-state index is 0.438. The number of anilines is 2. The summed E-state index contributed by atoms with van der Waals surface area (Å²) in [6.45, 7) is 6.07. The zero-order valence-corrected chi connectivity index (χ0v) is 16.1. The number of hydrogen-bond acceptors (Lipinski definition) is 5. The maximum absolute atomic E-state index is 4.82. The van der Waals surface area contributed by atoms with Gasteiger partial charge >= 0.3 is 0 Å². The normalized spacial score (nSPS) is 17.0. The quantitative estimate of drug-likeness (QED) is 0.689. The highest BCUT2D eigenvalue weighted by Crippen LogP contribution is 2.28. The van der Waals surface area contributed by atoms with Gasteiger partial charge in [0.15, 0.2) is 5.65 Å². The van der Waals surface area contributed by atoms with Crippen LogP contribution in [0, 0.1) is 0 Å². The fourth-order valence-electron chi connectivity index (χ4n) is 2.94. The number of rotatable bonds is 3. The van der Waals surface area contributed by atoms with Crippen molar-refractivity contribution in [2.75, 3.05) is 18.4 Å². The topological polar surface area (TPSA) is 67.1 Å². The van der Waals surface area contributed by atoms with Crippen LogP contribution in [0.3, 0.4) is 0 Å². The van der Waals surface area contributed by atoms with Gasteiger partial charge in [-0.2, -0.15) is 9.61 Å². The van der Waals surface area contributed by atoms with Gasteiger partial charge < -0.3 is 10.6 Å². The number of nitrogens with one attached hydrogen (secondary N) is 2. The zero-order chi connectivity index (χ0) is 17.6. The third-order valence-electron chi connectivity index (χ3n) is 4.12. The Labute approximate surface area is 156 Å². The minimum absolute atomic E-state index is 0.438. The summed E-state index contributed by atoms with van der Waals surface area (Å²) in [7, 11) is 0. The lowest BCUT2D eigenvalue weighted by Gasteiger charge is -2.23. The molecule has 0 bridgehead atoms. The maximum Gasteiger partial charge on any atom is 0.171 e. The van der Waals surface area contributed by atoms with E-state index in [9.17, 15) is 0 Å². The third-order valence-corrected chi connectivity index (χ3v) is 4.68. The number of nitrogens with zero attached hydrogens (tertiary/aromatic N) is 4. The first-order valence-electron chi connectivity index (χ1n) is 8.73. The minimum Gasteiger partial charge on any atom is -0.340 e. The first-order chi connectivity index (χ1) is 12.3. The molecule has 0 aliphatic carbocycles. The van der Waals surface area contributed by atoms with E-state index in [2.05, 4.69) is 42.7 Å². The molecule has 7 heteroatoms. The van der Waals surface area contributed by atoms with E-state index < -0.39 is 0 Å². The van der Waals surface area contributed by atoms with Crippen molar-refractivity contribution in [3.05, 3.63) is 47.0 Å². The van der Waals surface area contributed by atoms with Crippen LogP contribution in [0.5, 0.6) is 0 Å². The highest BCUT2D eigenvalue weighted by molar-refractivity contribution is 9.10. The smallest absolute Gasteiger partial charge is 0.171 e. The Hall–Kier alpha value is -1.99. The van der Waals surface area contributed by atoms with Crippen molar-refractivity contribution in [3.63, 3.8) is 0 Å². The van der Waals surface area contributed by atoms with Crippen molar-refractivity contribution < 1.29 is 0 Å². The molecule has 0 saturated carbocycles. The van der Waals surface area contributed by atoms with Crippen molar-refractivity contribution in [1.82, 2.24) is 24.9 Å². The van der Waals surface area contributed by atoms with E-state index in [1.165, 1.54) is 6.42 Å². The van der Waals surface area contributed by atoms with E-state index in [0.29, 0.717) is 5.92 Å². The van der Waals surface area contributed by atoms with Gasteiger partial charge in [0.2, 0.25) is 0 Å². The van der Waals surface area contributed by atoms with E-state index in [0.717, 1.165) is 46.8 Å². The standard InChI is InChI=1S/C16H17BrN6.C2H6/c17-13-10-20-23-15(21-12-3-6-18-7-4-12)8-14(22-16(13)23)11-2-1-5-19-9-11;1-2/h3-4,6-8,10-11,19H,1-2,5,9H2,(H,18,21);1-2H3. The molecular weight excluding hydrogens is 380 g/mol. The van der Waals surface area contributed by atoms with Crippen LogP contribution >= 0.6 is 15.9 Å². The molecule has 0 amide bonds. The Morgan fingerprint density at radius 1 is 1.28 bits per heavy atom. The molecule has 3 aromatic heterocycles. The van der Waals surface area contributed by atoms with Crippen LogP contribution in [0.4, 0.5) is 11.5 Å². The molecule has 1 fully saturated rings. The van der Waals surface area contributed by atoms with Gasteiger partial charge in [0.25, 0.3) is 0 Å². The number of aromatic nitrogens is 4. The van der Waals surface area contributed by atoms with Crippen LogP contribution in [0.25, 0.3) is 5.65 Å². The lowest BCUT2D eigenvalue weighted by molar-refractivity contribution is 0.455. The fraction of sp³-hybridized carbons (Fsp3) is 0.389. The SMILES string of the molecule is Brc1cnn2c(Nc3ccncc3)cc(C3CCCNC3)nc12.CC. The first kappa shape index (κ1) is 17.8. The van der Waals surface area contributed by atoms with Crippen molar-refractivity contribution in [2.24, 2.45) is 0 Å². The molecule has 1 aliphatic rings. The summed E-state index contributed by atoms with van der Waals surface area (Å²) < 4.78 is 2.73.